The fourth-order valence-corrected chi connectivity index (χ4v) is 1.12. The summed E-state index contributed by atoms with van der Waals surface area (Å²) in [5.74, 6) is 0.206. The van der Waals surface area contributed by atoms with E-state index in [-0.39, 0.29) is 24.3 Å². The number of hydrogen-bond donors (Lipinski definition) is 1. The molecule has 2 unspecified atom stereocenters. The number of carbonyl (C=O) groups is 1. The Morgan fingerprint density at radius 3 is 3.00 bits per heavy atom. The molecule has 1 heterocycles. The van der Waals surface area contributed by atoms with Crippen LogP contribution in [0.4, 0.5) is 0 Å². The predicted molar refractivity (Wildman–Crippen MR) is 62.5 cm³/mol. The number of rotatable bonds is 4. The van der Waals surface area contributed by atoms with E-state index in [9.17, 15) is 4.79 Å². The highest BCUT2D eigenvalue weighted by atomic mass is 35.5. The third kappa shape index (κ3) is 5.02. The van der Waals surface area contributed by atoms with Gasteiger partial charge in [0.25, 0.3) is 0 Å². The normalized spacial score (nSPS) is 21.1. The van der Waals surface area contributed by atoms with Gasteiger partial charge in [-0.05, 0) is 5.92 Å². The number of aliphatic imine (C=N–C) groups is 1. The lowest BCUT2D eigenvalue weighted by Crippen LogP contribution is -2.35. The van der Waals surface area contributed by atoms with Crippen molar-refractivity contribution < 1.29 is 9.53 Å². The topological polar surface area (TPSA) is 50.7 Å². The lowest BCUT2D eigenvalue weighted by Gasteiger charge is -2.18. The Morgan fingerprint density at radius 2 is 2.47 bits per heavy atom. The van der Waals surface area contributed by atoms with Crippen molar-refractivity contribution in [2.45, 2.75) is 20.3 Å². The molecule has 2 atom stereocenters. The summed E-state index contributed by atoms with van der Waals surface area (Å²) >= 11 is 0. The highest BCUT2D eigenvalue weighted by molar-refractivity contribution is 5.85. The van der Waals surface area contributed by atoms with Crippen LogP contribution in [0.15, 0.2) is 4.99 Å². The maximum atomic E-state index is 11.5. The molecule has 0 spiro atoms. The smallest absolute Gasteiger partial charge is 0.312 e. The number of halogens is 1. The zero-order valence-corrected chi connectivity index (χ0v) is 10.0. The molecular weight excluding hydrogens is 216 g/mol. The van der Waals surface area contributed by atoms with Crippen molar-refractivity contribution in [3.63, 3.8) is 0 Å². The molecule has 0 aromatic carbocycles. The van der Waals surface area contributed by atoms with Crippen molar-refractivity contribution in [3.8, 4) is 0 Å². The minimum Gasteiger partial charge on any atom is -0.465 e. The fraction of sp³-hybridized carbons (Fsp3) is 0.800. The standard InChI is InChI=1S/C10H18N2O2.ClH/c1-3-8(2)6-14-10(13)9-4-11-7-12-5-9;/h7-9H,3-6H2,1-2H3,(H,11,12);1H. The first-order valence-electron chi connectivity index (χ1n) is 5.12. The quantitative estimate of drug-likeness (QED) is 0.745. The molecule has 1 rings (SSSR count). The van der Waals surface area contributed by atoms with E-state index >= 15 is 0 Å². The van der Waals surface area contributed by atoms with Gasteiger partial charge in [-0.25, -0.2) is 0 Å². The number of esters is 1. The summed E-state index contributed by atoms with van der Waals surface area (Å²) in [7, 11) is 0. The molecule has 88 valence electrons. The Balaban J connectivity index is 0.00000196. The highest BCUT2D eigenvalue weighted by Crippen LogP contribution is 2.06. The molecule has 1 aliphatic rings. The number of nitrogens with one attached hydrogen (secondary N) is 1. The van der Waals surface area contributed by atoms with Gasteiger partial charge in [0.05, 0.1) is 25.4 Å². The van der Waals surface area contributed by atoms with Crippen LogP contribution < -0.4 is 5.32 Å². The van der Waals surface area contributed by atoms with Crippen LogP contribution in [0, 0.1) is 11.8 Å². The summed E-state index contributed by atoms with van der Waals surface area (Å²) in [5, 5.41) is 2.92. The first kappa shape index (κ1) is 14.2. The van der Waals surface area contributed by atoms with Gasteiger partial charge in [-0.2, -0.15) is 0 Å². The van der Waals surface area contributed by atoms with Gasteiger partial charge in [0.1, 0.15) is 0 Å². The lowest BCUT2D eigenvalue weighted by atomic mass is 10.1. The molecule has 0 amide bonds. The number of ether oxygens (including phenoxy) is 1. The first-order valence-corrected chi connectivity index (χ1v) is 5.12. The van der Waals surface area contributed by atoms with Gasteiger partial charge in [0, 0.05) is 6.54 Å². The molecule has 0 saturated heterocycles. The number of hydrogen-bond acceptors (Lipinski definition) is 4. The van der Waals surface area contributed by atoms with Gasteiger partial charge in [-0.1, -0.05) is 20.3 Å². The Bertz CT molecular complexity index is 221. The molecular formula is C10H19ClN2O2. The maximum absolute atomic E-state index is 11.5. The summed E-state index contributed by atoms with van der Waals surface area (Å²) < 4.78 is 5.18. The van der Waals surface area contributed by atoms with Gasteiger partial charge >= 0.3 is 5.97 Å². The van der Waals surface area contributed by atoms with Crippen LogP contribution in [0.1, 0.15) is 20.3 Å². The van der Waals surface area contributed by atoms with E-state index in [0.29, 0.717) is 25.6 Å². The molecule has 0 saturated carbocycles. The van der Waals surface area contributed by atoms with Crippen molar-refractivity contribution in [3.05, 3.63) is 0 Å². The van der Waals surface area contributed by atoms with E-state index in [1.807, 2.05) is 0 Å². The fourth-order valence-electron chi connectivity index (χ4n) is 1.12. The second kappa shape index (κ2) is 7.51. The summed E-state index contributed by atoms with van der Waals surface area (Å²) in [5.41, 5.74) is 0. The van der Waals surface area contributed by atoms with E-state index in [4.69, 9.17) is 4.74 Å². The van der Waals surface area contributed by atoms with E-state index in [0.717, 1.165) is 6.42 Å². The first-order chi connectivity index (χ1) is 6.74. The van der Waals surface area contributed by atoms with Gasteiger partial charge in [-0.15, -0.1) is 12.4 Å². The van der Waals surface area contributed by atoms with Crippen LogP contribution in [0.3, 0.4) is 0 Å². The molecule has 0 aromatic rings. The second-order valence-corrected chi connectivity index (χ2v) is 3.74. The van der Waals surface area contributed by atoms with E-state index < -0.39 is 0 Å². The van der Waals surface area contributed by atoms with E-state index in [2.05, 4.69) is 24.2 Å². The predicted octanol–water partition coefficient (Wildman–Crippen LogP) is 1.25. The number of carbonyl (C=O) groups excluding carboxylic acids is 1. The Labute approximate surface area is 96.9 Å². The van der Waals surface area contributed by atoms with Crippen LogP contribution in [-0.4, -0.2) is 32.0 Å². The van der Waals surface area contributed by atoms with Crippen LogP contribution >= 0.6 is 12.4 Å². The van der Waals surface area contributed by atoms with Crippen LogP contribution in [0.5, 0.6) is 0 Å². The summed E-state index contributed by atoms with van der Waals surface area (Å²) in [4.78, 5) is 15.5. The molecule has 1 aliphatic heterocycles. The van der Waals surface area contributed by atoms with Crippen molar-refractivity contribution >= 4 is 24.7 Å². The molecule has 0 aromatic heterocycles. The minimum absolute atomic E-state index is 0. The molecule has 15 heavy (non-hydrogen) atoms. The lowest BCUT2D eigenvalue weighted by molar-refractivity contribution is -0.149. The van der Waals surface area contributed by atoms with Gasteiger partial charge < -0.3 is 10.1 Å². The minimum atomic E-state index is -0.130. The van der Waals surface area contributed by atoms with E-state index in [1.165, 1.54) is 0 Å². The monoisotopic (exact) mass is 234 g/mol. The average Bonchev–Trinajstić information content (AvgIpc) is 2.26. The van der Waals surface area contributed by atoms with Crippen LogP contribution in [-0.2, 0) is 9.53 Å². The molecule has 5 heteroatoms. The van der Waals surface area contributed by atoms with Crippen LogP contribution in [0.25, 0.3) is 0 Å². The molecule has 4 nitrogen and oxygen atoms in total. The van der Waals surface area contributed by atoms with Crippen molar-refractivity contribution in [2.75, 3.05) is 19.7 Å². The van der Waals surface area contributed by atoms with Crippen LogP contribution in [0.2, 0.25) is 0 Å². The summed E-state index contributed by atoms with van der Waals surface area (Å²) in [6, 6.07) is 0. The third-order valence-electron chi connectivity index (χ3n) is 2.41. The van der Waals surface area contributed by atoms with Gasteiger partial charge in [0.15, 0.2) is 0 Å². The Kier molecular flexibility index (Phi) is 7.13. The van der Waals surface area contributed by atoms with Gasteiger partial charge in [-0.3, -0.25) is 9.79 Å². The second-order valence-electron chi connectivity index (χ2n) is 3.74. The van der Waals surface area contributed by atoms with Crippen molar-refractivity contribution in [1.82, 2.24) is 5.32 Å². The maximum Gasteiger partial charge on any atom is 0.312 e. The number of nitrogens with zero attached hydrogens (tertiary/aromatic N) is 1. The molecule has 0 fully saturated rings. The average molecular weight is 235 g/mol. The largest absolute Gasteiger partial charge is 0.465 e. The zero-order chi connectivity index (χ0) is 10.4. The van der Waals surface area contributed by atoms with Crippen molar-refractivity contribution in [1.29, 1.82) is 0 Å². The summed E-state index contributed by atoms with van der Waals surface area (Å²) in [6.07, 6.45) is 2.67. The van der Waals surface area contributed by atoms with Crippen molar-refractivity contribution in [2.24, 2.45) is 16.8 Å². The molecule has 0 bridgehead atoms. The zero-order valence-electron chi connectivity index (χ0n) is 9.23. The highest BCUT2D eigenvalue weighted by Gasteiger charge is 2.21. The molecule has 0 aliphatic carbocycles. The Morgan fingerprint density at radius 1 is 1.73 bits per heavy atom. The summed E-state index contributed by atoms with van der Waals surface area (Å²) in [6.45, 7) is 5.88. The molecule has 1 N–H and O–H groups in total. The van der Waals surface area contributed by atoms with E-state index in [1.54, 1.807) is 6.34 Å². The van der Waals surface area contributed by atoms with Gasteiger partial charge in [0.2, 0.25) is 0 Å². The Hall–Kier alpha value is -0.770. The SMILES string of the molecule is CCC(C)COC(=O)C1CN=CNC1.Cl. The molecule has 0 radical (unpaired) electrons. The third-order valence-corrected chi connectivity index (χ3v) is 2.41.